The second kappa shape index (κ2) is 13.8. The van der Waals surface area contributed by atoms with Crippen LogP contribution in [0.15, 0.2) is 29.3 Å². The van der Waals surface area contributed by atoms with Crippen molar-refractivity contribution in [3.63, 3.8) is 0 Å². The quantitative estimate of drug-likeness (QED) is 0.182. The lowest BCUT2D eigenvalue weighted by atomic mass is 9.85. The number of methoxy groups -OCH3 is 1. The monoisotopic (exact) mass is 544 g/mol. The van der Waals surface area contributed by atoms with Crippen LogP contribution in [-0.2, 0) is 16.1 Å². The van der Waals surface area contributed by atoms with Crippen LogP contribution in [0.5, 0.6) is 5.75 Å². The fourth-order valence-corrected chi connectivity index (χ4v) is 3.85. The van der Waals surface area contributed by atoms with E-state index in [4.69, 9.17) is 9.47 Å². The standard InChI is InChI=1S/C23H36N4O3.HI/c1-3-24-23(25-13-14-30-16-18-7-4-5-10-21(18)29-2)27-20-9-6-8-17(15-20)22(28)26-19-11-12-19;/h4-5,7,10,17,19-20H,3,6,8-9,11-16H2,1-2H3,(H,26,28)(H2,24,25,27);1H. The summed E-state index contributed by atoms with van der Waals surface area (Å²) in [5.74, 6) is 1.99. The summed E-state index contributed by atoms with van der Waals surface area (Å²) in [7, 11) is 1.67. The minimum absolute atomic E-state index is 0. The van der Waals surface area contributed by atoms with Gasteiger partial charge in [-0.05, 0) is 45.1 Å². The van der Waals surface area contributed by atoms with Crippen LogP contribution in [0.3, 0.4) is 0 Å². The molecule has 0 aliphatic heterocycles. The van der Waals surface area contributed by atoms with Crippen molar-refractivity contribution in [2.75, 3.05) is 26.8 Å². The van der Waals surface area contributed by atoms with Crippen LogP contribution in [-0.4, -0.2) is 50.8 Å². The minimum atomic E-state index is 0. The Bertz CT molecular complexity index is 712. The summed E-state index contributed by atoms with van der Waals surface area (Å²) in [6.07, 6.45) is 6.27. The second-order valence-electron chi connectivity index (χ2n) is 8.11. The lowest BCUT2D eigenvalue weighted by Gasteiger charge is -2.30. The van der Waals surface area contributed by atoms with Crippen LogP contribution in [0.25, 0.3) is 0 Å². The molecule has 8 heteroatoms. The first-order valence-electron chi connectivity index (χ1n) is 11.2. The Balaban J connectivity index is 0.00000341. The molecule has 2 fully saturated rings. The first kappa shape index (κ1) is 25.7. The van der Waals surface area contributed by atoms with Crippen molar-refractivity contribution < 1.29 is 14.3 Å². The van der Waals surface area contributed by atoms with Gasteiger partial charge in [-0.3, -0.25) is 9.79 Å². The molecule has 0 radical (unpaired) electrons. The van der Waals surface area contributed by atoms with Gasteiger partial charge >= 0.3 is 0 Å². The maximum absolute atomic E-state index is 12.4. The van der Waals surface area contributed by atoms with Crippen molar-refractivity contribution in [3.05, 3.63) is 29.8 Å². The molecule has 3 rings (SSSR count). The summed E-state index contributed by atoms with van der Waals surface area (Å²) in [5, 5.41) is 9.98. The highest BCUT2D eigenvalue weighted by atomic mass is 127. The van der Waals surface area contributed by atoms with E-state index in [-0.39, 0.29) is 41.8 Å². The van der Waals surface area contributed by atoms with Gasteiger partial charge in [-0.1, -0.05) is 24.6 Å². The Kier molecular flexibility index (Phi) is 11.4. The molecule has 0 spiro atoms. The molecule has 0 heterocycles. The Labute approximate surface area is 203 Å². The van der Waals surface area contributed by atoms with Crippen LogP contribution < -0.4 is 20.7 Å². The zero-order chi connectivity index (χ0) is 21.2. The van der Waals surface area contributed by atoms with Gasteiger partial charge in [0.15, 0.2) is 5.96 Å². The number of nitrogens with zero attached hydrogens (tertiary/aromatic N) is 1. The van der Waals surface area contributed by atoms with E-state index >= 15 is 0 Å². The van der Waals surface area contributed by atoms with E-state index in [0.717, 1.165) is 62.3 Å². The lowest BCUT2D eigenvalue weighted by Crippen LogP contribution is -2.47. The van der Waals surface area contributed by atoms with E-state index in [1.54, 1.807) is 7.11 Å². The molecule has 2 aliphatic rings. The number of guanidine groups is 1. The highest BCUT2D eigenvalue weighted by Gasteiger charge is 2.31. The number of nitrogens with one attached hydrogen (secondary N) is 3. The van der Waals surface area contributed by atoms with E-state index in [1.807, 2.05) is 24.3 Å². The van der Waals surface area contributed by atoms with Gasteiger partial charge in [0, 0.05) is 30.1 Å². The van der Waals surface area contributed by atoms with Crippen molar-refractivity contribution in [1.29, 1.82) is 0 Å². The fourth-order valence-electron chi connectivity index (χ4n) is 3.85. The number of ether oxygens (including phenoxy) is 2. The van der Waals surface area contributed by atoms with Crippen LogP contribution >= 0.6 is 24.0 Å². The summed E-state index contributed by atoms with van der Waals surface area (Å²) in [6, 6.07) is 8.59. The van der Waals surface area contributed by atoms with Gasteiger partial charge in [-0.2, -0.15) is 0 Å². The second-order valence-corrected chi connectivity index (χ2v) is 8.11. The molecular formula is C23H37IN4O3. The van der Waals surface area contributed by atoms with Crippen LogP contribution in [0.1, 0.15) is 51.0 Å². The highest BCUT2D eigenvalue weighted by molar-refractivity contribution is 14.0. The van der Waals surface area contributed by atoms with Crippen molar-refractivity contribution >= 4 is 35.8 Å². The summed E-state index contributed by atoms with van der Waals surface area (Å²) in [6.45, 7) is 4.47. The predicted molar refractivity (Wildman–Crippen MR) is 134 cm³/mol. The van der Waals surface area contributed by atoms with E-state index in [2.05, 4.69) is 27.9 Å². The van der Waals surface area contributed by atoms with Gasteiger partial charge in [0.1, 0.15) is 5.75 Å². The molecule has 2 aliphatic carbocycles. The normalized spacial score (nSPS) is 21.0. The molecule has 0 aromatic heterocycles. The molecule has 1 aromatic carbocycles. The molecule has 31 heavy (non-hydrogen) atoms. The molecular weight excluding hydrogens is 507 g/mol. The Morgan fingerprint density at radius 3 is 2.68 bits per heavy atom. The molecule has 0 bridgehead atoms. The molecule has 2 saturated carbocycles. The Morgan fingerprint density at radius 1 is 1.13 bits per heavy atom. The van der Waals surface area contributed by atoms with Gasteiger partial charge < -0.3 is 25.4 Å². The van der Waals surface area contributed by atoms with Crippen LogP contribution in [0, 0.1) is 5.92 Å². The van der Waals surface area contributed by atoms with Crippen LogP contribution in [0.4, 0.5) is 0 Å². The third-order valence-electron chi connectivity index (χ3n) is 5.61. The molecule has 0 saturated heterocycles. The number of hydrogen-bond donors (Lipinski definition) is 3. The van der Waals surface area contributed by atoms with Crippen molar-refractivity contribution in [2.24, 2.45) is 10.9 Å². The number of hydrogen-bond acceptors (Lipinski definition) is 4. The summed E-state index contributed by atoms with van der Waals surface area (Å²) >= 11 is 0. The first-order valence-corrected chi connectivity index (χ1v) is 11.2. The molecule has 1 aromatic rings. The van der Waals surface area contributed by atoms with Crippen molar-refractivity contribution in [1.82, 2.24) is 16.0 Å². The minimum Gasteiger partial charge on any atom is -0.496 e. The third-order valence-corrected chi connectivity index (χ3v) is 5.61. The number of amides is 1. The average molecular weight is 544 g/mol. The third kappa shape index (κ3) is 8.84. The maximum atomic E-state index is 12.4. The smallest absolute Gasteiger partial charge is 0.223 e. The van der Waals surface area contributed by atoms with Gasteiger partial charge in [-0.25, -0.2) is 0 Å². The topological polar surface area (TPSA) is 84.0 Å². The number of rotatable bonds is 10. The van der Waals surface area contributed by atoms with Gasteiger partial charge in [0.25, 0.3) is 0 Å². The number of benzene rings is 1. The largest absolute Gasteiger partial charge is 0.496 e. The molecule has 2 unspecified atom stereocenters. The van der Waals surface area contributed by atoms with E-state index in [0.29, 0.717) is 25.8 Å². The van der Waals surface area contributed by atoms with E-state index < -0.39 is 0 Å². The Hall–Kier alpha value is -1.55. The molecule has 2 atom stereocenters. The molecule has 3 N–H and O–H groups in total. The number of halogens is 1. The summed E-state index contributed by atoms with van der Waals surface area (Å²) < 4.78 is 11.1. The lowest BCUT2D eigenvalue weighted by molar-refractivity contribution is -0.126. The molecule has 174 valence electrons. The van der Waals surface area contributed by atoms with Gasteiger partial charge in [0.05, 0.1) is 26.9 Å². The van der Waals surface area contributed by atoms with Crippen molar-refractivity contribution in [2.45, 2.75) is 64.1 Å². The maximum Gasteiger partial charge on any atom is 0.223 e. The molecule has 1 amide bonds. The Morgan fingerprint density at radius 2 is 1.94 bits per heavy atom. The highest BCUT2D eigenvalue weighted by Crippen LogP contribution is 2.26. The van der Waals surface area contributed by atoms with Gasteiger partial charge in [0.2, 0.25) is 5.91 Å². The zero-order valence-electron chi connectivity index (χ0n) is 18.7. The van der Waals surface area contributed by atoms with Gasteiger partial charge in [-0.15, -0.1) is 24.0 Å². The zero-order valence-corrected chi connectivity index (χ0v) is 21.0. The van der Waals surface area contributed by atoms with E-state index in [1.165, 1.54) is 0 Å². The summed E-state index contributed by atoms with van der Waals surface area (Å²) in [5.41, 5.74) is 1.03. The number of aliphatic imine (C=N–C) groups is 1. The van der Waals surface area contributed by atoms with E-state index in [9.17, 15) is 4.79 Å². The summed E-state index contributed by atoms with van der Waals surface area (Å²) in [4.78, 5) is 17.0. The van der Waals surface area contributed by atoms with Crippen LogP contribution in [0.2, 0.25) is 0 Å². The fraction of sp³-hybridized carbons (Fsp3) is 0.652. The van der Waals surface area contributed by atoms with Crippen molar-refractivity contribution in [3.8, 4) is 5.75 Å². The molecule has 7 nitrogen and oxygen atoms in total. The SMILES string of the molecule is CCNC(=NCCOCc1ccccc1OC)NC1CCCC(C(=O)NC2CC2)C1.I. The number of para-hydroxylation sites is 1. The number of carbonyl (C=O) groups excluding carboxylic acids is 1. The predicted octanol–water partition coefficient (Wildman–Crippen LogP) is 3.22. The average Bonchev–Trinajstić information content (AvgIpc) is 3.58. The number of carbonyl (C=O) groups is 1. The first-order chi connectivity index (χ1) is 14.7.